The first-order valence-electron chi connectivity index (χ1n) is 6.80. The van der Waals surface area contributed by atoms with Crippen LogP contribution in [0, 0.1) is 0 Å². The number of pyridine rings is 1. The van der Waals surface area contributed by atoms with Crippen molar-refractivity contribution < 1.29 is 9.53 Å². The summed E-state index contributed by atoms with van der Waals surface area (Å²) in [6.45, 7) is 8.24. The molecule has 7 heteroatoms. The highest BCUT2D eigenvalue weighted by Gasteiger charge is 2.26. The molecule has 0 bridgehead atoms. The number of anilines is 1. The molecule has 0 aromatic carbocycles. The van der Waals surface area contributed by atoms with E-state index in [0.717, 1.165) is 10.2 Å². The molecule has 1 aliphatic rings. The van der Waals surface area contributed by atoms with Gasteiger partial charge >= 0.3 is 6.09 Å². The number of carbonyl (C=O) groups excluding carboxylic acids is 1. The van der Waals surface area contributed by atoms with Crippen LogP contribution in [0.15, 0.2) is 16.7 Å². The van der Waals surface area contributed by atoms with Crippen LogP contribution in [0.3, 0.4) is 0 Å². The Kier molecular flexibility index (Phi) is 4.99. The highest BCUT2D eigenvalue weighted by atomic mass is 79.9. The van der Waals surface area contributed by atoms with E-state index in [-0.39, 0.29) is 6.09 Å². The number of piperazine rings is 1. The van der Waals surface area contributed by atoms with Gasteiger partial charge in [-0.3, -0.25) is 0 Å². The maximum atomic E-state index is 12.0. The second-order valence-electron chi connectivity index (χ2n) is 5.92. The Morgan fingerprint density at radius 3 is 2.52 bits per heavy atom. The third-order valence-electron chi connectivity index (χ3n) is 3.06. The summed E-state index contributed by atoms with van der Waals surface area (Å²) in [4.78, 5) is 20.0. The number of ether oxygens (including phenoxy) is 1. The summed E-state index contributed by atoms with van der Waals surface area (Å²) in [5.74, 6) is 0. The fourth-order valence-corrected chi connectivity index (χ4v) is 2.63. The van der Waals surface area contributed by atoms with Gasteiger partial charge < -0.3 is 14.5 Å². The smallest absolute Gasteiger partial charge is 0.410 e. The lowest BCUT2D eigenvalue weighted by molar-refractivity contribution is 0.0240. The summed E-state index contributed by atoms with van der Waals surface area (Å²) in [6.07, 6.45) is 1.41. The minimum absolute atomic E-state index is 0.263. The van der Waals surface area contributed by atoms with Crippen LogP contribution in [0.1, 0.15) is 20.8 Å². The average molecular weight is 377 g/mol. The van der Waals surface area contributed by atoms with Crippen molar-refractivity contribution in [2.24, 2.45) is 0 Å². The monoisotopic (exact) mass is 375 g/mol. The summed E-state index contributed by atoms with van der Waals surface area (Å²) >= 11 is 9.54. The molecule has 1 saturated heterocycles. The highest BCUT2D eigenvalue weighted by molar-refractivity contribution is 9.10. The molecular weight excluding hydrogens is 358 g/mol. The zero-order chi connectivity index (χ0) is 15.6. The van der Waals surface area contributed by atoms with Gasteiger partial charge in [-0.25, -0.2) is 9.78 Å². The van der Waals surface area contributed by atoms with E-state index in [1.54, 1.807) is 11.1 Å². The molecule has 2 rings (SSSR count). The average Bonchev–Trinajstić information content (AvgIpc) is 2.40. The third-order valence-corrected chi connectivity index (χ3v) is 3.78. The van der Waals surface area contributed by atoms with Crippen LogP contribution in [-0.2, 0) is 4.74 Å². The minimum Gasteiger partial charge on any atom is -0.444 e. The Bertz CT molecular complexity index is 525. The summed E-state index contributed by atoms with van der Waals surface area (Å²) in [7, 11) is 0. The number of amides is 1. The molecule has 0 N–H and O–H groups in total. The molecule has 0 unspecified atom stereocenters. The van der Waals surface area contributed by atoms with Crippen molar-refractivity contribution in [1.82, 2.24) is 9.88 Å². The Balaban J connectivity index is 1.97. The molecule has 0 saturated carbocycles. The molecule has 0 radical (unpaired) electrons. The summed E-state index contributed by atoms with van der Waals surface area (Å²) < 4.78 is 6.27. The number of carbonyl (C=O) groups is 1. The molecular formula is C14H19BrClN3O2. The van der Waals surface area contributed by atoms with Gasteiger partial charge in [0.2, 0.25) is 0 Å². The molecule has 1 amide bonds. The van der Waals surface area contributed by atoms with Crippen molar-refractivity contribution in [1.29, 1.82) is 0 Å². The SMILES string of the molecule is CC(C)(C)OC(=O)N1CCN(c2cc(Br)cnc2Cl)CC1. The lowest BCUT2D eigenvalue weighted by Gasteiger charge is -2.36. The van der Waals surface area contributed by atoms with Gasteiger partial charge in [-0.05, 0) is 42.8 Å². The Morgan fingerprint density at radius 1 is 1.33 bits per heavy atom. The van der Waals surface area contributed by atoms with Gasteiger partial charge in [-0.2, -0.15) is 0 Å². The van der Waals surface area contributed by atoms with E-state index in [0.29, 0.717) is 31.3 Å². The van der Waals surface area contributed by atoms with Gasteiger partial charge in [0.25, 0.3) is 0 Å². The van der Waals surface area contributed by atoms with E-state index < -0.39 is 5.60 Å². The molecule has 0 spiro atoms. The van der Waals surface area contributed by atoms with Crippen LogP contribution in [-0.4, -0.2) is 47.8 Å². The standard InChI is InChI=1S/C14H19BrClN3O2/c1-14(2,3)21-13(20)19-6-4-18(5-7-19)11-8-10(15)9-17-12(11)16/h8-9H,4-7H2,1-3H3. The number of rotatable bonds is 1. The van der Waals surface area contributed by atoms with Crippen LogP contribution in [0.25, 0.3) is 0 Å². The summed E-state index contributed by atoms with van der Waals surface area (Å²) in [6, 6.07) is 1.94. The van der Waals surface area contributed by atoms with E-state index in [1.807, 2.05) is 26.8 Å². The zero-order valence-corrected chi connectivity index (χ0v) is 14.7. The molecule has 1 aromatic heterocycles. The van der Waals surface area contributed by atoms with Gasteiger partial charge in [0.05, 0.1) is 5.69 Å². The van der Waals surface area contributed by atoms with Gasteiger partial charge in [0.15, 0.2) is 5.15 Å². The largest absolute Gasteiger partial charge is 0.444 e. The van der Waals surface area contributed by atoms with Crippen molar-refractivity contribution in [2.45, 2.75) is 26.4 Å². The van der Waals surface area contributed by atoms with Crippen LogP contribution in [0.5, 0.6) is 0 Å². The van der Waals surface area contributed by atoms with E-state index in [9.17, 15) is 4.79 Å². The molecule has 116 valence electrons. The van der Waals surface area contributed by atoms with Crippen LogP contribution < -0.4 is 4.90 Å². The number of aromatic nitrogens is 1. The fourth-order valence-electron chi connectivity index (χ4n) is 2.09. The van der Waals surface area contributed by atoms with Crippen molar-refractivity contribution in [3.8, 4) is 0 Å². The summed E-state index contributed by atoms with van der Waals surface area (Å²) in [5, 5.41) is 0.476. The fraction of sp³-hybridized carbons (Fsp3) is 0.571. The maximum Gasteiger partial charge on any atom is 0.410 e. The molecule has 2 heterocycles. The lowest BCUT2D eigenvalue weighted by Crippen LogP contribution is -2.50. The summed E-state index contributed by atoms with van der Waals surface area (Å²) in [5.41, 5.74) is 0.418. The topological polar surface area (TPSA) is 45.7 Å². The van der Waals surface area contributed by atoms with Crippen molar-refractivity contribution in [2.75, 3.05) is 31.1 Å². The minimum atomic E-state index is -0.467. The number of hydrogen-bond acceptors (Lipinski definition) is 4. The normalized spacial score (nSPS) is 16.0. The molecule has 0 atom stereocenters. The van der Waals surface area contributed by atoms with Gasteiger partial charge in [0, 0.05) is 36.8 Å². The van der Waals surface area contributed by atoms with Crippen molar-refractivity contribution in [3.05, 3.63) is 21.9 Å². The number of hydrogen-bond donors (Lipinski definition) is 0. The van der Waals surface area contributed by atoms with E-state index in [4.69, 9.17) is 16.3 Å². The predicted molar refractivity (Wildman–Crippen MR) is 87.0 cm³/mol. The molecule has 1 aliphatic heterocycles. The first-order valence-corrected chi connectivity index (χ1v) is 7.97. The maximum absolute atomic E-state index is 12.0. The molecule has 1 aromatic rings. The molecule has 0 aliphatic carbocycles. The Labute approximate surface area is 138 Å². The first-order chi connectivity index (χ1) is 9.76. The highest BCUT2D eigenvalue weighted by Crippen LogP contribution is 2.27. The van der Waals surface area contributed by atoms with Crippen molar-refractivity contribution in [3.63, 3.8) is 0 Å². The van der Waals surface area contributed by atoms with Gasteiger partial charge in [-0.15, -0.1) is 0 Å². The Hall–Kier alpha value is -1.01. The van der Waals surface area contributed by atoms with E-state index in [2.05, 4.69) is 25.8 Å². The molecule has 21 heavy (non-hydrogen) atoms. The number of halogens is 2. The quantitative estimate of drug-likeness (QED) is 0.703. The van der Waals surface area contributed by atoms with Crippen LogP contribution in [0.4, 0.5) is 10.5 Å². The van der Waals surface area contributed by atoms with Crippen molar-refractivity contribution >= 4 is 39.3 Å². The van der Waals surface area contributed by atoms with Gasteiger partial charge in [0.1, 0.15) is 5.60 Å². The van der Waals surface area contributed by atoms with E-state index in [1.165, 1.54) is 0 Å². The number of nitrogens with zero attached hydrogens (tertiary/aromatic N) is 3. The molecule has 1 fully saturated rings. The zero-order valence-electron chi connectivity index (χ0n) is 12.4. The Morgan fingerprint density at radius 2 is 1.95 bits per heavy atom. The lowest BCUT2D eigenvalue weighted by atomic mass is 10.2. The third kappa shape index (κ3) is 4.48. The first kappa shape index (κ1) is 16.4. The molecule has 5 nitrogen and oxygen atoms in total. The second kappa shape index (κ2) is 6.40. The second-order valence-corrected chi connectivity index (χ2v) is 7.19. The van der Waals surface area contributed by atoms with Crippen LogP contribution in [0.2, 0.25) is 5.15 Å². The van der Waals surface area contributed by atoms with Gasteiger partial charge in [-0.1, -0.05) is 11.6 Å². The van der Waals surface area contributed by atoms with Crippen LogP contribution >= 0.6 is 27.5 Å². The van der Waals surface area contributed by atoms with E-state index >= 15 is 0 Å². The predicted octanol–water partition coefficient (Wildman–Crippen LogP) is 3.55.